The third-order valence-electron chi connectivity index (χ3n) is 6.56. The van der Waals surface area contributed by atoms with Gasteiger partial charge in [0.25, 0.3) is 0 Å². The average Bonchev–Trinajstić information content (AvgIpc) is 3.37. The number of thioether (sulfide) groups is 1. The first kappa shape index (κ1) is 21.7. The molecule has 0 saturated heterocycles. The fourth-order valence-corrected chi connectivity index (χ4v) is 5.97. The molecule has 1 aromatic heterocycles. The Morgan fingerprint density at radius 3 is 2.12 bits per heavy atom. The smallest absolute Gasteiger partial charge is 0.195 e. The number of aryl methyl sites for hydroxylation is 1. The van der Waals surface area contributed by atoms with Crippen molar-refractivity contribution in [3.8, 4) is 16.8 Å². The molecule has 0 atom stereocenters. The average molecular weight is 454 g/mol. The molecular formula is C28H27N3OS. The van der Waals surface area contributed by atoms with E-state index in [2.05, 4.69) is 63.3 Å². The zero-order chi connectivity index (χ0) is 22.7. The van der Waals surface area contributed by atoms with E-state index in [-0.39, 0.29) is 0 Å². The van der Waals surface area contributed by atoms with Gasteiger partial charge in [-0.15, -0.1) is 10.2 Å². The maximum absolute atomic E-state index is 12.5. The van der Waals surface area contributed by atoms with E-state index in [1.165, 1.54) is 17.4 Å². The van der Waals surface area contributed by atoms with Gasteiger partial charge < -0.3 is 4.79 Å². The lowest BCUT2D eigenvalue weighted by Gasteiger charge is -2.25. The topological polar surface area (TPSA) is 47.8 Å². The molecule has 3 aromatic carbocycles. The molecule has 5 rings (SSSR count). The Labute approximate surface area is 199 Å². The van der Waals surface area contributed by atoms with Crippen molar-refractivity contribution in [1.29, 1.82) is 0 Å². The van der Waals surface area contributed by atoms with Crippen LogP contribution >= 0.6 is 11.8 Å². The Morgan fingerprint density at radius 1 is 0.818 bits per heavy atom. The second-order valence-electron chi connectivity index (χ2n) is 8.54. The van der Waals surface area contributed by atoms with Crippen molar-refractivity contribution < 1.29 is 4.79 Å². The van der Waals surface area contributed by atoms with Crippen molar-refractivity contribution in [2.24, 2.45) is 0 Å². The predicted octanol–water partition coefficient (Wildman–Crippen LogP) is 6.39. The number of unbranched alkanes of at least 4 members (excludes halogenated alkanes) is 2. The Balaban J connectivity index is 1.22. The molecule has 0 radical (unpaired) electrons. The second-order valence-corrected chi connectivity index (χ2v) is 9.60. The van der Waals surface area contributed by atoms with Crippen molar-refractivity contribution in [3.63, 3.8) is 0 Å². The molecule has 166 valence electrons. The van der Waals surface area contributed by atoms with Crippen LogP contribution in [0.5, 0.6) is 0 Å². The predicted molar refractivity (Wildman–Crippen MR) is 134 cm³/mol. The molecule has 4 nitrogen and oxygen atoms in total. The number of aldehydes is 1. The third kappa shape index (κ3) is 3.91. The van der Waals surface area contributed by atoms with Gasteiger partial charge in [0.1, 0.15) is 12.1 Å². The van der Waals surface area contributed by atoms with Gasteiger partial charge in [-0.25, -0.2) is 0 Å². The van der Waals surface area contributed by atoms with Gasteiger partial charge in [0.2, 0.25) is 0 Å². The lowest BCUT2D eigenvalue weighted by atomic mass is 9.75. The fraction of sp³-hybridized carbons (Fsp3) is 0.250. The summed E-state index contributed by atoms with van der Waals surface area (Å²) >= 11 is 1.75. The SMILES string of the molecule is Cc1nnc(SCCCCCC2(C=O)c3ccccc3-c3ccccc32)n1-c1ccccc1. The van der Waals surface area contributed by atoms with Crippen LogP contribution in [-0.2, 0) is 10.2 Å². The molecule has 4 aromatic rings. The zero-order valence-corrected chi connectivity index (χ0v) is 19.6. The van der Waals surface area contributed by atoms with Crippen LogP contribution < -0.4 is 0 Å². The highest BCUT2D eigenvalue weighted by molar-refractivity contribution is 7.99. The summed E-state index contributed by atoms with van der Waals surface area (Å²) in [5.74, 6) is 1.88. The minimum Gasteiger partial charge on any atom is -0.302 e. The minimum absolute atomic E-state index is 0.523. The number of aromatic nitrogens is 3. The van der Waals surface area contributed by atoms with Crippen molar-refractivity contribution in [2.45, 2.75) is 43.2 Å². The van der Waals surface area contributed by atoms with Crippen LogP contribution in [-0.4, -0.2) is 26.8 Å². The van der Waals surface area contributed by atoms with E-state index in [4.69, 9.17) is 0 Å². The molecule has 1 aliphatic carbocycles. The molecule has 0 amide bonds. The van der Waals surface area contributed by atoms with Gasteiger partial charge in [0.05, 0.1) is 5.41 Å². The Morgan fingerprint density at radius 2 is 1.45 bits per heavy atom. The maximum atomic E-state index is 12.5. The first-order valence-electron chi connectivity index (χ1n) is 11.5. The van der Waals surface area contributed by atoms with Gasteiger partial charge in [0.15, 0.2) is 5.16 Å². The van der Waals surface area contributed by atoms with Crippen LogP contribution in [0.1, 0.15) is 42.6 Å². The number of hydrogen-bond donors (Lipinski definition) is 0. The summed E-state index contributed by atoms with van der Waals surface area (Å²) in [7, 11) is 0. The van der Waals surface area contributed by atoms with Gasteiger partial charge in [-0.05, 0) is 54.2 Å². The molecule has 0 unspecified atom stereocenters. The lowest BCUT2D eigenvalue weighted by Crippen LogP contribution is -2.27. The van der Waals surface area contributed by atoms with Crippen molar-refractivity contribution >= 4 is 18.0 Å². The van der Waals surface area contributed by atoms with Crippen molar-refractivity contribution in [3.05, 3.63) is 95.8 Å². The lowest BCUT2D eigenvalue weighted by molar-refractivity contribution is -0.111. The van der Waals surface area contributed by atoms with Gasteiger partial charge in [-0.3, -0.25) is 4.57 Å². The first-order valence-corrected chi connectivity index (χ1v) is 12.5. The zero-order valence-electron chi connectivity index (χ0n) is 18.8. The monoisotopic (exact) mass is 453 g/mol. The standard InChI is InChI=1S/C28H27N3OS/c1-21-29-30-27(31(21)22-12-4-2-5-13-22)33-19-11-3-10-18-28(20-32)25-16-8-6-14-23(25)24-15-7-9-17-26(24)28/h2,4-9,12-17,20H,3,10-11,18-19H2,1H3. The highest BCUT2D eigenvalue weighted by atomic mass is 32.2. The Hall–Kier alpha value is -3.18. The van der Waals surface area contributed by atoms with Gasteiger partial charge in [-0.2, -0.15) is 0 Å². The van der Waals surface area contributed by atoms with E-state index < -0.39 is 5.41 Å². The summed E-state index contributed by atoms with van der Waals surface area (Å²) in [6.45, 7) is 1.99. The first-order chi connectivity index (χ1) is 16.2. The molecule has 1 heterocycles. The summed E-state index contributed by atoms with van der Waals surface area (Å²) < 4.78 is 2.11. The fourth-order valence-electron chi connectivity index (χ4n) is 4.97. The van der Waals surface area contributed by atoms with E-state index in [1.54, 1.807) is 11.8 Å². The largest absolute Gasteiger partial charge is 0.302 e. The van der Waals surface area contributed by atoms with Gasteiger partial charge >= 0.3 is 0 Å². The summed E-state index contributed by atoms with van der Waals surface area (Å²) in [5, 5.41) is 9.59. The van der Waals surface area contributed by atoms with E-state index in [0.29, 0.717) is 0 Å². The van der Waals surface area contributed by atoms with Gasteiger partial charge in [-0.1, -0.05) is 91.3 Å². The summed E-state index contributed by atoms with van der Waals surface area (Å²) in [6, 6.07) is 27.0. The molecule has 5 heteroatoms. The summed E-state index contributed by atoms with van der Waals surface area (Å²) in [4.78, 5) is 12.5. The van der Waals surface area contributed by atoms with E-state index in [0.717, 1.165) is 59.2 Å². The highest BCUT2D eigenvalue weighted by Gasteiger charge is 2.42. The molecule has 0 spiro atoms. The molecule has 0 aliphatic heterocycles. The van der Waals surface area contributed by atoms with E-state index in [9.17, 15) is 4.79 Å². The minimum atomic E-state index is -0.523. The number of para-hydroxylation sites is 1. The molecular weight excluding hydrogens is 426 g/mol. The van der Waals surface area contributed by atoms with Crippen LogP contribution in [0.15, 0.2) is 84.0 Å². The molecule has 0 saturated carbocycles. The summed E-state index contributed by atoms with van der Waals surface area (Å²) in [5.41, 5.74) is 5.28. The Kier molecular flexibility index (Phi) is 6.14. The Bertz CT molecular complexity index is 1220. The second kappa shape index (κ2) is 9.36. The number of benzene rings is 3. The van der Waals surface area contributed by atoms with Crippen LogP contribution in [0.2, 0.25) is 0 Å². The number of carbonyl (C=O) groups is 1. The van der Waals surface area contributed by atoms with Crippen LogP contribution in [0.25, 0.3) is 16.8 Å². The van der Waals surface area contributed by atoms with E-state index >= 15 is 0 Å². The van der Waals surface area contributed by atoms with Crippen LogP contribution in [0.4, 0.5) is 0 Å². The molecule has 0 fully saturated rings. The van der Waals surface area contributed by atoms with Crippen molar-refractivity contribution in [2.75, 3.05) is 5.75 Å². The molecule has 1 aliphatic rings. The molecule has 0 bridgehead atoms. The molecule has 33 heavy (non-hydrogen) atoms. The normalized spacial score (nSPS) is 13.5. The number of nitrogens with zero attached hydrogens (tertiary/aromatic N) is 3. The van der Waals surface area contributed by atoms with Crippen LogP contribution in [0, 0.1) is 6.92 Å². The quantitative estimate of drug-likeness (QED) is 0.167. The third-order valence-corrected chi connectivity index (χ3v) is 7.58. The number of hydrogen-bond acceptors (Lipinski definition) is 4. The number of carbonyl (C=O) groups excluding carboxylic acids is 1. The maximum Gasteiger partial charge on any atom is 0.195 e. The highest BCUT2D eigenvalue weighted by Crippen LogP contribution is 2.50. The van der Waals surface area contributed by atoms with E-state index in [1.807, 2.05) is 37.3 Å². The van der Waals surface area contributed by atoms with Crippen LogP contribution in [0.3, 0.4) is 0 Å². The van der Waals surface area contributed by atoms with Crippen molar-refractivity contribution in [1.82, 2.24) is 14.8 Å². The number of fused-ring (bicyclic) bond motifs is 3. The molecule has 0 N–H and O–H groups in total. The number of rotatable bonds is 9. The van der Waals surface area contributed by atoms with Gasteiger partial charge in [0, 0.05) is 11.4 Å². The summed E-state index contributed by atoms with van der Waals surface area (Å²) in [6.07, 6.45) is 5.17.